The number of carboxylic acid groups (broad SMARTS) is 1. The fourth-order valence-corrected chi connectivity index (χ4v) is 0.506. The Morgan fingerprint density at radius 2 is 2.18 bits per heavy atom. The molecule has 5 heteroatoms. The molecule has 0 heterocycles. The quantitative estimate of drug-likeness (QED) is 0.403. The van der Waals surface area contributed by atoms with E-state index in [4.69, 9.17) is 16.2 Å². The number of nitrogens with one attached hydrogen (secondary N) is 1. The Labute approximate surface area is 64.4 Å². The molecule has 0 rings (SSSR count). The molecule has 0 aromatic carbocycles. The van der Waals surface area contributed by atoms with Gasteiger partial charge in [-0.25, -0.2) is 4.99 Å². The molecule has 0 amide bonds. The molecule has 0 saturated heterocycles. The third-order valence-electron chi connectivity index (χ3n) is 0.906. The van der Waals surface area contributed by atoms with Gasteiger partial charge in [-0.2, -0.15) is 0 Å². The highest BCUT2D eigenvalue weighted by molar-refractivity contribution is 5.94. The van der Waals surface area contributed by atoms with Crippen molar-refractivity contribution in [2.24, 2.45) is 10.7 Å². The van der Waals surface area contributed by atoms with Crippen LogP contribution in [0, 0.1) is 5.41 Å². The Hall–Kier alpha value is -1.39. The van der Waals surface area contributed by atoms with Gasteiger partial charge < -0.3 is 10.8 Å². The molecule has 0 radical (unpaired) electrons. The number of nitrogens with zero attached hydrogens (tertiary/aromatic N) is 1. The van der Waals surface area contributed by atoms with Crippen molar-refractivity contribution >= 4 is 17.6 Å². The number of carboxylic acids is 1. The lowest BCUT2D eigenvalue weighted by Crippen LogP contribution is -2.14. The second kappa shape index (κ2) is 4.43. The Morgan fingerprint density at radius 1 is 1.64 bits per heavy atom. The van der Waals surface area contributed by atoms with E-state index in [1.165, 1.54) is 6.92 Å². The first kappa shape index (κ1) is 9.61. The highest BCUT2D eigenvalue weighted by Crippen LogP contribution is 1.89. The zero-order valence-electron chi connectivity index (χ0n) is 6.29. The van der Waals surface area contributed by atoms with Crippen LogP contribution >= 0.6 is 0 Å². The van der Waals surface area contributed by atoms with Crippen molar-refractivity contribution in [1.82, 2.24) is 0 Å². The molecule has 0 unspecified atom stereocenters. The number of amidine groups is 2. The molecule has 0 aliphatic rings. The first-order valence-electron chi connectivity index (χ1n) is 3.12. The first-order chi connectivity index (χ1) is 5.02. The maximum absolute atomic E-state index is 10.0. The van der Waals surface area contributed by atoms with Gasteiger partial charge >= 0.3 is 5.97 Å². The molecular weight excluding hydrogens is 146 g/mol. The number of rotatable bonds is 3. The first-order valence-corrected chi connectivity index (χ1v) is 3.12. The average molecular weight is 157 g/mol. The van der Waals surface area contributed by atoms with Crippen LogP contribution in [0.3, 0.4) is 0 Å². The van der Waals surface area contributed by atoms with Crippen LogP contribution in [-0.2, 0) is 4.79 Å². The van der Waals surface area contributed by atoms with E-state index in [1.54, 1.807) is 0 Å². The van der Waals surface area contributed by atoms with Crippen LogP contribution in [0.2, 0.25) is 0 Å². The highest BCUT2D eigenvalue weighted by atomic mass is 16.4. The van der Waals surface area contributed by atoms with Gasteiger partial charge in [-0.1, -0.05) is 0 Å². The van der Waals surface area contributed by atoms with Gasteiger partial charge in [-0.15, -0.1) is 0 Å². The summed E-state index contributed by atoms with van der Waals surface area (Å²) in [6.07, 6.45) is 0.161. The lowest BCUT2D eigenvalue weighted by atomic mass is 10.3. The average Bonchev–Trinajstić information content (AvgIpc) is 1.82. The van der Waals surface area contributed by atoms with Gasteiger partial charge in [0.15, 0.2) is 0 Å². The zero-order valence-corrected chi connectivity index (χ0v) is 6.29. The van der Waals surface area contributed by atoms with E-state index in [9.17, 15) is 4.79 Å². The predicted octanol–water partition coefficient (Wildman–Crippen LogP) is 0.206. The molecule has 0 aliphatic carbocycles. The number of aliphatic imine (C=N–C) groups is 1. The molecule has 0 aromatic heterocycles. The van der Waals surface area contributed by atoms with E-state index < -0.39 is 5.97 Å². The number of hydrogen-bond acceptors (Lipinski definition) is 2. The highest BCUT2D eigenvalue weighted by Gasteiger charge is 1.98. The van der Waals surface area contributed by atoms with Crippen molar-refractivity contribution < 1.29 is 9.90 Å². The van der Waals surface area contributed by atoms with Crippen LogP contribution in [0.15, 0.2) is 4.99 Å². The maximum Gasteiger partial charge on any atom is 0.303 e. The SMILES string of the molecule is CC(=N)/N=C(\N)CCC(=O)O. The Kier molecular flexibility index (Phi) is 3.87. The van der Waals surface area contributed by atoms with E-state index in [2.05, 4.69) is 4.99 Å². The van der Waals surface area contributed by atoms with Crippen molar-refractivity contribution in [2.45, 2.75) is 19.8 Å². The number of aliphatic carboxylic acids is 1. The van der Waals surface area contributed by atoms with Gasteiger partial charge in [0, 0.05) is 6.42 Å². The summed E-state index contributed by atoms with van der Waals surface area (Å²) in [6, 6.07) is 0. The van der Waals surface area contributed by atoms with Gasteiger partial charge in [0.25, 0.3) is 0 Å². The molecule has 0 spiro atoms. The van der Waals surface area contributed by atoms with Crippen molar-refractivity contribution in [2.75, 3.05) is 0 Å². The molecule has 0 aliphatic heterocycles. The van der Waals surface area contributed by atoms with E-state index in [0.29, 0.717) is 0 Å². The minimum Gasteiger partial charge on any atom is -0.481 e. The van der Waals surface area contributed by atoms with Crippen LogP contribution in [0.25, 0.3) is 0 Å². The summed E-state index contributed by atoms with van der Waals surface area (Å²) in [5, 5.41) is 15.1. The summed E-state index contributed by atoms with van der Waals surface area (Å²) >= 11 is 0. The van der Waals surface area contributed by atoms with Crippen molar-refractivity contribution in [1.29, 1.82) is 5.41 Å². The summed E-state index contributed by atoms with van der Waals surface area (Å²) in [5.41, 5.74) is 5.27. The second-order valence-corrected chi connectivity index (χ2v) is 2.08. The summed E-state index contributed by atoms with van der Waals surface area (Å²) in [6.45, 7) is 1.48. The molecule has 62 valence electrons. The largest absolute Gasteiger partial charge is 0.481 e. The zero-order chi connectivity index (χ0) is 8.85. The van der Waals surface area contributed by atoms with Gasteiger partial charge in [0.2, 0.25) is 0 Å². The summed E-state index contributed by atoms with van der Waals surface area (Å²) in [5.74, 6) is -0.626. The standard InChI is InChI=1S/C6H11N3O2/c1-4(7)9-5(8)2-3-6(10)11/h2-3H2,1H3,(H,10,11)(H3,7,8,9). The van der Waals surface area contributed by atoms with E-state index in [0.717, 1.165) is 0 Å². The number of nitrogens with two attached hydrogens (primary N) is 1. The summed E-state index contributed by atoms with van der Waals surface area (Å²) in [7, 11) is 0. The van der Waals surface area contributed by atoms with Crippen LogP contribution in [0.4, 0.5) is 0 Å². The minimum atomic E-state index is -0.911. The van der Waals surface area contributed by atoms with Gasteiger partial charge in [0.1, 0.15) is 11.7 Å². The third-order valence-corrected chi connectivity index (χ3v) is 0.906. The molecule has 0 saturated carbocycles. The topological polar surface area (TPSA) is 99.5 Å². The second-order valence-electron chi connectivity index (χ2n) is 2.08. The lowest BCUT2D eigenvalue weighted by molar-refractivity contribution is -0.136. The van der Waals surface area contributed by atoms with E-state index in [1.807, 2.05) is 0 Å². The van der Waals surface area contributed by atoms with Crippen molar-refractivity contribution in [3.8, 4) is 0 Å². The number of hydrogen-bond donors (Lipinski definition) is 3. The summed E-state index contributed by atoms with van der Waals surface area (Å²) < 4.78 is 0. The smallest absolute Gasteiger partial charge is 0.303 e. The third kappa shape index (κ3) is 6.50. The molecule has 4 N–H and O–H groups in total. The molecule has 5 nitrogen and oxygen atoms in total. The van der Waals surface area contributed by atoms with Crippen LogP contribution in [0.1, 0.15) is 19.8 Å². The maximum atomic E-state index is 10.0. The summed E-state index contributed by atoms with van der Waals surface area (Å²) in [4.78, 5) is 13.6. The van der Waals surface area contributed by atoms with Crippen molar-refractivity contribution in [3.63, 3.8) is 0 Å². The molecule has 0 bridgehead atoms. The van der Waals surface area contributed by atoms with Gasteiger partial charge in [-0.05, 0) is 6.92 Å². The normalized spacial score (nSPS) is 11.2. The molecular formula is C6H11N3O2. The van der Waals surface area contributed by atoms with Crippen LogP contribution in [-0.4, -0.2) is 22.7 Å². The minimum absolute atomic E-state index is 0.0391. The fourth-order valence-electron chi connectivity index (χ4n) is 0.506. The lowest BCUT2D eigenvalue weighted by Gasteiger charge is -1.95. The fraction of sp³-hybridized carbons (Fsp3) is 0.500. The van der Waals surface area contributed by atoms with E-state index >= 15 is 0 Å². The Bertz CT molecular complexity index is 198. The predicted molar refractivity (Wildman–Crippen MR) is 41.9 cm³/mol. The Balaban J connectivity index is 3.77. The Morgan fingerprint density at radius 3 is 2.55 bits per heavy atom. The molecule has 0 atom stereocenters. The molecule has 11 heavy (non-hydrogen) atoms. The van der Waals surface area contributed by atoms with E-state index in [-0.39, 0.29) is 24.5 Å². The van der Waals surface area contributed by atoms with Crippen molar-refractivity contribution in [3.05, 3.63) is 0 Å². The molecule has 0 aromatic rings. The van der Waals surface area contributed by atoms with Gasteiger partial charge in [-0.3, -0.25) is 10.2 Å². The van der Waals surface area contributed by atoms with Crippen LogP contribution < -0.4 is 5.73 Å². The number of carbonyl (C=O) groups is 1. The molecule has 0 fully saturated rings. The van der Waals surface area contributed by atoms with Gasteiger partial charge in [0.05, 0.1) is 6.42 Å². The van der Waals surface area contributed by atoms with Crippen LogP contribution in [0.5, 0.6) is 0 Å². The monoisotopic (exact) mass is 157 g/mol.